The molecule has 0 saturated carbocycles. The van der Waals surface area contributed by atoms with Crippen LogP contribution in [0.5, 0.6) is 5.75 Å². The van der Waals surface area contributed by atoms with E-state index in [4.69, 9.17) is 0 Å². The minimum atomic E-state index is 0.125. The Morgan fingerprint density at radius 2 is 1.55 bits per heavy atom. The van der Waals surface area contributed by atoms with E-state index in [0.29, 0.717) is 0 Å². The minimum absolute atomic E-state index is 0.125. The van der Waals surface area contributed by atoms with Gasteiger partial charge < -0.3 is 5.11 Å². The molecule has 2 nitrogen and oxygen atoms in total. The summed E-state index contributed by atoms with van der Waals surface area (Å²) < 4.78 is 0. The van der Waals surface area contributed by atoms with E-state index < -0.39 is 0 Å². The van der Waals surface area contributed by atoms with Gasteiger partial charge in [0.25, 0.3) is 0 Å². The molecule has 104 valence electrons. The van der Waals surface area contributed by atoms with Gasteiger partial charge in [-0.15, -0.1) is 0 Å². The summed E-state index contributed by atoms with van der Waals surface area (Å²) in [6, 6.07) is 13.3. The van der Waals surface area contributed by atoms with Gasteiger partial charge >= 0.3 is 41.3 Å². The first-order valence-corrected chi connectivity index (χ1v) is 13.7. The fourth-order valence-corrected chi connectivity index (χ4v) is 1.74. The third-order valence-corrected chi connectivity index (χ3v) is 2.71. The van der Waals surface area contributed by atoms with Crippen molar-refractivity contribution in [3.63, 3.8) is 0 Å². The summed E-state index contributed by atoms with van der Waals surface area (Å²) >= 11 is 6.50. The molecule has 0 radical (unpaired) electrons. The summed E-state index contributed by atoms with van der Waals surface area (Å²) in [4.78, 5) is 4.45. The molecule has 0 atom stereocenters. The van der Waals surface area contributed by atoms with Gasteiger partial charge in [-0.1, -0.05) is 30.3 Å². The van der Waals surface area contributed by atoms with Gasteiger partial charge in [-0.25, -0.2) is 0 Å². The van der Waals surface area contributed by atoms with Crippen molar-refractivity contribution in [1.82, 2.24) is 0 Å². The van der Waals surface area contributed by atoms with Crippen LogP contribution in [-0.2, 0) is 15.0 Å². The Morgan fingerprint density at radius 1 is 1.00 bits per heavy atom. The van der Waals surface area contributed by atoms with Gasteiger partial charge in [-0.05, 0) is 37.1 Å². The maximum absolute atomic E-state index is 9.64. The van der Waals surface area contributed by atoms with Crippen LogP contribution in [-0.4, -0.2) is 11.3 Å². The quantitative estimate of drug-likeness (QED) is 0.496. The Bertz CT molecular complexity index is 568. The van der Waals surface area contributed by atoms with Crippen molar-refractivity contribution in [3.05, 3.63) is 59.2 Å². The van der Waals surface area contributed by atoms with Crippen molar-refractivity contribution in [1.29, 1.82) is 0 Å². The Kier molecular flexibility index (Phi) is 8.38. The molecule has 0 aromatic heterocycles. The Hall–Kier alpha value is -0.416. The van der Waals surface area contributed by atoms with Gasteiger partial charge in [-0.2, -0.15) is 0 Å². The normalized spacial score (nSPS) is 10.0. The molecule has 0 bridgehead atoms. The van der Waals surface area contributed by atoms with Crippen LogP contribution in [0.1, 0.15) is 16.7 Å². The van der Waals surface area contributed by atoms with E-state index in [1.807, 2.05) is 44.2 Å². The monoisotopic (exact) mass is 431 g/mol. The number of halogens is 2. The first-order chi connectivity index (χ1) is 9.60. The first-order valence-electron chi connectivity index (χ1n) is 5.94. The Morgan fingerprint density at radius 3 is 2.10 bits per heavy atom. The van der Waals surface area contributed by atoms with Gasteiger partial charge in [-0.3, -0.25) is 4.99 Å². The summed E-state index contributed by atoms with van der Waals surface area (Å²) in [5.41, 5.74) is 3.97. The molecule has 0 spiro atoms. The average molecular weight is 433 g/mol. The van der Waals surface area contributed by atoms with Crippen LogP contribution in [0.25, 0.3) is 0 Å². The van der Waals surface area contributed by atoms with Crippen molar-refractivity contribution in [3.8, 4) is 5.75 Å². The number of para-hydroxylation sites is 2. The second-order valence-corrected chi connectivity index (χ2v) is 12.0. The van der Waals surface area contributed by atoms with E-state index in [0.717, 1.165) is 22.4 Å². The Balaban J connectivity index is 0.000000612. The number of hydrogen-bond acceptors (Lipinski definition) is 2. The zero-order valence-corrected chi connectivity index (χ0v) is 16.0. The molecule has 1 N–H and O–H groups in total. The molecular formula is C15H15Br2NOTi. The summed E-state index contributed by atoms with van der Waals surface area (Å²) in [7, 11) is 0. The van der Waals surface area contributed by atoms with Crippen molar-refractivity contribution in [2.75, 3.05) is 0 Å². The fraction of sp³-hybridized carbons (Fsp3) is 0.133. The van der Waals surface area contributed by atoms with Gasteiger partial charge in [0.2, 0.25) is 0 Å². The molecule has 0 heterocycles. The van der Waals surface area contributed by atoms with E-state index in [1.54, 1.807) is 18.3 Å². The number of phenols is 1. The summed E-state index contributed by atoms with van der Waals surface area (Å²) in [5, 5.41) is 9.64. The molecule has 0 aliphatic rings. The van der Waals surface area contributed by atoms with Gasteiger partial charge in [0, 0.05) is 11.8 Å². The molecular weight excluding hydrogens is 418 g/mol. The Labute approximate surface area is 141 Å². The van der Waals surface area contributed by atoms with E-state index in [1.165, 1.54) is 0 Å². The van der Waals surface area contributed by atoms with E-state index in [2.05, 4.69) is 31.3 Å². The van der Waals surface area contributed by atoms with E-state index >= 15 is 0 Å². The molecule has 0 aliphatic heterocycles. The SMILES string of the molecule is Cc1cccc(C)c1N=Cc1ccccc1O.[Br][Ti][Br]. The van der Waals surface area contributed by atoms with Crippen LogP contribution in [0.4, 0.5) is 5.69 Å². The third kappa shape index (κ3) is 5.53. The maximum atomic E-state index is 9.64. The molecule has 5 heteroatoms. The van der Waals surface area contributed by atoms with Crippen LogP contribution in [0.15, 0.2) is 47.5 Å². The predicted octanol–water partition coefficient (Wildman–Crippen LogP) is 5.45. The number of aromatic hydroxyl groups is 1. The number of rotatable bonds is 2. The van der Waals surface area contributed by atoms with Gasteiger partial charge in [0.05, 0.1) is 5.69 Å². The van der Waals surface area contributed by atoms with Crippen LogP contribution >= 0.6 is 26.3 Å². The van der Waals surface area contributed by atoms with Crippen molar-refractivity contribution >= 4 is 38.2 Å². The summed E-state index contributed by atoms with van der Waals surface area (Å²) in [6.07, 6.45) is 1.70. The molecule has 20 heavy (non-hydrogen) atoms. The second kappa shape index (κ2) is 9.51. The van der Waals surface area contributed by atoms with E-state index in [9.17, 15) is 5.11 Å². The molecule has 2 rings (SSSR count). The second-order valence-electron chi connectivity index (χ2n) is 4.13. The van der Waals surface area contributed by atoms with Crippen LogP contribution in [0.3, 0.4) is 0 Å². The van der Waals surface area contributed by atoms with Crippen LogP contribution < -0.4 is 0 Å². The number of phenolic OH excluding ortho intramolecular Hbond substituents is 1. The molecule has 0 fully saturated rings. The van der Waals surface area contributed by atoms with Crippen molar-refractivity contribution in [2.24, 2.45) is 4.99 Å². The number of aryl methyl sites for hydroxylation is 2. The van der Waals surface area contributed by atoms with Crippen molar-refractivity contribution in [2.45, 2.75) is 13.8 Å². The number of nitrogens with zero attached hydrogens (tertiary/aromatic N) is 1. The molecule has 2 aromatic rings. The summed E-state index contributed by atoms with van der Waals surface area (Å²) in [5.74, 6) is 0.252. The van der Waals surface area contributed by atoms with Crippen LogP contribution in [0.2, 0.25) is 0 Å². The summed E-state index contributed by atoms with van der Waals surface area (Å²) in [6.45, 7) is 4.06. The van der Waals surface area contributed by atoms with Gasteiger partial charge in [0.1, 0.15) is 5.75 Å². The molecule has 0 unspecified atom stereocenters. The fourth-order valence-electron chi connectivity index (χ4n) is 1.74. The van der Waals surface area contributed by atoms with Crippen LogP contribution in [0, 0.1) is 13.8 Å². The number of benzene rings is 2. The third-order valence-electron chi connectivity index (χ3n) is 2.71. The predicted molar refractivity (Wildman–Crippen MR) is 89.1 cm³/mol. The number of hydrogen-bond donors (Lipinski definition) is 1. The van der Waals surface area contributed by atoms with Crippen molar-refractivity contribution < 1.29 is 20.1 Å². The standard InChI is InChI=1S/C15H15NO.2BrH.Ti/c1-11-6-5-7-12(2)15(11)16-10-13-8-3-4-9-14(13)17;;;/h3-10,17H,1-2H3;2*1H;/q;;;+2/p-2. The van der Waals surface area contributed by atoms with E-state index in [-0.39, 0.29) is 20.7 Å². The molecule has 0 saturated heterocycles. The molecule has 0 amide bonds. The zero-order chi connectivity index (χ0) is 15.0. The van der Waals surface area contributed by atoms with Gasteiger partial charge in [0.15, 0.2) is 0 Å². The zero-order valence-electron chi connectivity index (χ0n) is 11.3. The topological polar surface area (TPSA) is 32.6 Å². The molecule has 0 aliphatic carbocycles. The molecule has 2 aromatic carbocycles. The number of aliphatic imine (C=N–C) groups is 1. The average Bonchev–Trinajstić information content (AvgIpc) is 2.41. The first kappa shape index (κ1) is 17.6.